The highest BCUT2D eigenvalue weighted by Crippen LogP contribution is 2.35. The third-order valence-electron chi connectivity index (χ3n) is 4.48. The van der Waals surface area contributed by atoms with Gasteiger partial charge in [0.1, 0.15) is 23.1 Å². The Hall–Kier alpha value is -2.86. The molecule has 2 heterocycles. The minimum atomic E-state index is -0.834. The Morgan fingerprint density at radius 1 is 1.22 bits per heavy atom. The number of hydrogen-bond acceptors (Lipinski definition) is 2. The summed E-state index contributed by atoms with van der Waals surface area (Å²) in [6, 6.07) is 6.50. The average Bonchev–Trinajstić information content (AvgIpc) is 3.11. The van der Waals surface area contributed by atoms with E-state index in [9.17, 15) is 13.6 Å². The summed E-state index contributed by atoms with van der Waals surface area (Å²) in [6.07, 6.45) is 5.88. The normalized spacial score (nSPS) is 15.2. The van der Waals surface area contributed by atoms with Crippen molar-refractivity contribution in [2.24, 2.45) is 0 Å². The van der Waals surface area contributed by atoms with Gasteiger partial charge >= 0.3 is 6.03 Å². The lowest BCUT2D eigenvalue weighted by Crippen LogP contribution is -2.33. The third-order valence-corrected chi connectivity index (χ3v) is 4.80. The van der Waals surface area contributed by atoms with Crippen LogP contribution in [0.25, 0.3) is 5.57 Å². The fourth-order valence-corrected chi connectivity index (χ4v) is 3.41. The highest BCUT2D eigenvalue weighted by atomic mass is 35.5. The number of urea groups is 1. The van der Waals surface area contributed by atoms with Gasteiger partial charge in [-0.15, -0.1) is 0 Å². The van der Waals surface area contributed by atoms with Gasteiger partial charge in [-0.25, -0.2) is 13.6 Å². The molecule has 7 heteroatoms. The van der Waals surface area contributed by atoms with Gasteiger partial charge in [0.05, 0.1) is 13.2 Å². The number of para-hydroxylation sites is 1. The van der Waals surface area contributed by atoms with E-state index < -0.39 is 23.4 Å². The van der Waals surface area contributed by atoms with E-state index in [1.54, 1.807) is 6.08 Å². The maximum atomic E-state index is 13.8. The number of amides is 2. The fraction of sp³-hybridized carbons (Fsp3) is 0.150. The van der Waals surface area contributed by atoms with Crippen molar-refractivity contribution in [3.8, 4) is 5.75 Å². The lowest BCUT2D eigenvalue weighted by molar-refractivity contribution is 0.232. The molecule has 138 valence electrons. The number of hydrogen-bond donors (Lipinski definition) is 1. The van der Waals surface area contributed by atoms with Crippen molar-refractivity contribution in [2.75, 3.05) is 18.5 Å². The molecule has 4 rings (SSSR count). The molecule has 0 spiro atoms. The second-order valence-electron chi connectivity index (χ2n) is 6.23. The first-order valence-corrected chi connectivity index (χ1v) is 8.75. The van der Waals surface area contributed by atoms with Crippen LogP contribution in [0, 0.1) is 11.6 Å². The second kappa shape index (κ2) is 7.04. The molecule has 4 nitrogen and oxygen atoms in total. The van der Waals surface area contributed by atoms with Crippen LogP contribution in [0.4, 0.5) is 19.3 Å². The fourth-order valence-electron chi connectivity index (χ4n) is 3.10. The zero-order valence-electron chi connectivity index (χ0n) is 14.1. The zero-order valence-corrected chi connectivity index (χ0v) is 14.9. The number of allylic oxidation sites excluding steroid dienone is 2. The Labute approximate surface area is 159 Å². The summed E-state index contributed by atoms with van der Waals surface area (Å²) < 4.78 is 33.1. The Kier molecular flexibility index (Phi) is 4.58. The number of ether oxygens (including phenoxy) is 1. The molecule has 2 aromatic rings. The molecule has 2 aliphatic rings. The monoisotopic (exact) mass is 388 g/mol. The number of benzene rings is 2. The molecule has 2 aromatic carbocycles. The molecule has 0 saturated heterocycles. The van der Waals surface area contributed by atoms with Gasteiger partial charge < -0.3 is 10.1 Å². The second-order valence-corrected chi connectivity index (χ2v) is 6.63. The van der Waals surface area contributed by atoms with Gasteiger partial charge in [-0.1, -0.05) is 23.7 Å². The molecular formula is C20H15ClF2N2O2. The van der Waals surface area contributed by atoms with Gasteiger partial charge in [0.25, 0.3) is 0 Å². The van der Waals surface area contributed by atoms with Crippen LogP contribution in [0.5, 0.6) is 5.75 Å². The van der Waals surface area contributed by atoms with Gasteiger partial charge in [0.15, 0.2) is 0 Å². The zero-order chi connectivity index (χ0) is 19.0. The van der Waals surface area contributed by atoms with Crippen LogP contribution >= 0.6 is 11.6 Å². The number of fused-ring (bicyclic) bond motifs is 1. The number of nitrogens with one attached hydrogen (secondary N) is 1. The SMILES string of the molecule is O=C(Nc1c(F)cccc1F)N1C=CC=C(c2cc3c(cc2Cl)CCO3)C1. The molecule has 0 aromatic heterocycles. The molecule has 0 atom stereocenters. The van der Waals surface area contributed by atoms with E-state index in [4.69, 9.17) is 16.3 Å². The number of halogens is 3. The number of carbonyl (C=O) groups is 1. The van der Waals surface area contributed by atoms with E-state index in [1.165, 1.54) is 17.2 Å². The van der Waals surface area contributed by atoms with Crippen molar-refractivity contribution < 1.29 is 18.3 Å². The molecule has 0 radical (unpaired) electrons. The summed E-state index contributed by atoms with van der Waals surface area (Å²) in [6.45, 7) is 0.827. The largest absolute Gasteiger partial charge is 0.493 e. The van der Waals surface area contributed by atoms with Crippen molar-refractivity contribution in [2.45, 2.75) is 6.42 Å². The molecule has 0 aliphatic carbocycles. The van der Waals surface area contributed by atoms with Crippen molar-refractivity contribution >= 4 is 28.9 Å². The van der Waals surface area contributed by atoms with Crippen LogP contribution < -0.4 is 10.1 Å². The minimum Gasteiger partial charge on any atom is -0.493 e. The maximum absolute atomic E-state index is 13.8. The number of anilines is 1. The standard InChI is InChI=1S/C20H15ClF2N2O2/c21-15-9-12-6-8-27-18(12)10-14(15)13-3-2-7-25(11-13)20(26)24-19-16(22)4-1-5-17(19)23/h1-5,7,9-10H,6,8,11H2,(H,24,26). The van der Waals surface area contributed by atoms with E-state index in [2.05, 4.69) is 5.32 Å². The maximum Gasteiger partial charge on any atom is 0.326 e. The summed E-state index contributed by atoms with van der Waals surface area (Å²) in [5.41, 5.74) is 2.14. The van der Waals surface area contributed by atoms with Gasteiger partial charge in [-0.3, -0.25) is 4.90 Å². The first-order valence-electron chi connectivity index (χ1n) is 8.37. The number of nitrogens with zero attached hydrogens (tertiary/aromatic N) is 1. The quantitative estimate of drug-likeness (QED) is 0.786. The molecule has 2 aliphatic heterocycles. The highest BCUT2D eigenvalue weighted by Gasteiger charge is 2.22. The Balaban J connectivity index is 1.54. The van der Waals surface area contributed by atoms with E-state index in [0.29, 0.717) is 11.6 Å². The molecule has 27 heavy (non-hydrogen) atoms. The first-order chi connectivity index (χ1) is 13.0. The molecular weight excluding hydrogens is 374 g/mol. The Bertz CT molecular complexity index is 968. The highest BCUT2D eigenvalue weighted by molar-refractivity contribution is 6.32. The topological polar surface area (TPSA) is 41.6 Å². The van der Waals surface area contributed by atoms with Crippen LogP contribution in [0.2, 0.25) is 5.02 Å². The van der Waals surface area contributed by atoms with E-state index >= 15 is 0 Å². The molecule has 0 bridgehead atoms. The molecule has 1 N–H and O–H groups in total. The molecule has 0 unspecified atom stereocenters. The first kappa shape index (κ1) is 17.5. The molecule has 2 amide bonds. The number of carbonyl (C=O) groups excluding carboxylic acids is 1. The molecule has 0 fully saturated rings. The lowest BCUT2D eigenvalue weighted by atomic mass is 10.0. The van der Waals surface area contributed by atoms with Gasteiger partial charge in [0, 0.05) is 23.2 Å². The van der Waals surface area contributed by atoms with Crippen LogP contribution in [-0.4, -0.2) is 24.1 Å². The van der Waals surface area contributed by atoms with Crippen LogP contribution in [0.1, 0.15) is 11.1 Å². The third kappa shape index (κ3) is 3.40. The van der Waals surface area contributed by atoms with E-state index in [0.717, 1.165) is 41.0 Å². The van der Waals surface area contributed by atoms with Crippen LogP contribution in [0.3, 0.4) is 0 Å². The summed E-state index contributed by atoms with van der Waals surface area (Å²) in [5.74, 6) is -0.882. The minimum absolute atomic E-state index is 0.205. The predicted octanol–water partition coefficient (Wildman–Crippen LogP) is 5.00. The van der Waals surface area contributed by atoms with Crippen molar-refractivity contribution in [3.63, 3.8) is 0 Å². The van der Waals surface area contributed by atoms with Crippen LogP contribution in [-0.2, 0) is 6.42 Å². The summed E-state index contributed by atoms with van der Waals surface area (Å²) >= 11 is 6.40. The van der Waals surface area contributed by atoms with Gasteiger partial charge in [-0.05, 0) is 41.5 Å². The van der Waals surface area contributed by atoms with Crippen molar-refractivity contribution in [1.29, 1.82) is 0 Å². The smallest absolute Gasteiger partial charge is 0.326 e. The van der Waals surface area contributed by atoms with Crippen LogP contribution in [0.15, 0.2) is 48.7 Å². The summed E-state index contributed by atoms with van der Waals surface area (Å²) in [5, 5.41) is 2.85. The van der Waals surface area contributed by atoms with Crippen molar-refractivity contribution in [1.82, 2.24) is 4.90 Å². The van der Waals surface area contributed by atoms with E-state index in [-0.39, 0.29) is 6.54 Å². The van der Waals surface area contributed by atoms with Gasteiger partial charge in [0.2, 0.25) is 0 Å². The van der Waals surface area contributed by atoms with Gasteiger partial charge in [-0.2, -0.15) is 0 Å². The average molecular weight is 389 g/mol. The summed E-state index contributed by atoms with van der Waals surface area (Å²) in [7, 11) is 0. The summed E-state index contributed by atoms with van der Waals surface area (Å²) in [4.78, 5) is 13.8. The number of rotatable bonds is 2. The molecule has 0 saturated carbocycles. The van der Waals surface area contributed by atoms with E-state index in [1.807, 2.05) is 18.2 Å². The lowest BCUT2D eigenvalue weighted by Gasteiger charge is -2.24. The predicted molar refractivity (Wildman–Crippen MR) is 99.9 cm³/mol. The van der Waals surface area contributed by atoms with Crippen molar-refractivity contribution in [3.05, 3.63) is 76.5 Å². The Morgan fingerprint density at radius 2 is 2.00 bits per heavy atom. The Morgan fingerprint density at radius 3 is 2.78 bits per heavy atom.